The second kappa shape index (κ2) is 14.5. The van der Waals surface area contributed by atoms with E-state index in [1.807, 2.05) is 91.0 Å². The van der Waals surface area contributed by atoms with Crippen molar-refractivity contribution in [3.05, 3.63) is 125 Å². The highest BCUT2D eigenvalue weighted by Crippen LogP contribution is 2.50. The van der Waals surface area contributed by atoms with Crippen LogP contribution >= 0.6 is 0 Å². The molecule has 1 aliphatic heterocycles. The molecule has 254 valence electrons. The Bertz CT molecular complexity index is 1830. The lowest BCUT2D eigenvalue weighted by atomic mass is 9.78. The molecule has 4 aromatic carbocycles. The Morgan fingerprint density at radius 1 is 0.857 bits per heavy atom. The monoisotopic (exact) mass is 659 g/mol. The summed E-state index contributed by atoms with van der Waals surface area (Å²) in [6.45, 7) is 8.74. The fourth-order valence-corrected chi connectivity index (χ4v) is 7.26. The van der Waals surface area contributed by atoms with E-state index in [2.05, 4.69) is 44.0 Å². The van der Waals surface area contributed by atoms with Crippen molar-refractivity contribution in [3.8, 4) is 11.5 Å². The van der Waals surface area contributed by atoms with Crippen LogP contribution in [0.25, 0.3) is 0 Å². The van der Waals surface area contributed by atoms with E-state index in [1.165, 1.54) is 0 Å². The number of anilines is 3. The summed E-state index contributed by atoms with van der Waals surface area (Å²) in [5.74, 6) is 1.27. The molecule has 0 spiro atoms. The highest BCUT2D eigenvalue weighted by molar-refractivity contribution is 6.05. The first-order chi connectivity index (χ1) is 23.7. The van der Waals surface area contributed by atoms with Crippen LogP contribution in [0.1, 0.15) is 69.2 Å². The zero-order chi connectivity index (χ0) is 34.7. The van der Waals surface area contributed by atoms with Crippen molar-refractivity contribution in [2.24, 2.45) is 0 Å². The number of fused-ring (bicyclic) bond motifs is 1. The van der Waals surface area contributed by atoms with Crippen LogP contribution in [0.5, 0.6) is 11.5 Å². The Labute approximate surface area is 289 Å². The maximum atomic E-state index is 14.6. The van der Waals surface area contributed by atoms with Crippen LogP contribution < -0.4 is 24.6 Å². The molecule has 2 unspecified atom stereocenters. The highest BCUT2D eigenvalue weighted by atomic mass is 16.6. The number of carbonyl (C=O) groups is 2. The number of nitrogens with zero attached hydrogens (tertiary/aromatic N) is 2. The molecule has 2 atom stereocenters. The van der Waals surface area contributed by atoms with Gasteiger partial charge < -0.3 is 24.4 Å². The van der Waals surface area contributed by atoms with Crippen LogP contribution in [0.4, 0.5) is 21.9 Å². The Hall–Kier alpha value is -5.24. The summed E-state index contributed by atoms with van der Waals surface area (Å²) in [4.78, 5) is 32.9. The van der Waals surface area contributed by atoms with Crippen molar-refractivity contribution >= 4 is 28.9 Å². The van der Waals surface area contributed by atoms with E-state index < -0.39 is 12.1 Å². The second-order valence-corrected chi connectivity index (χ2v) is 13.2. The molecule has 2 aliphatic rings. The summed E-state index contributed by atoms with van der Waals surface area (Å²) in [6.07, 6.45) is 0.320. The fourth-order valence-electron chi connectivity index (χ4n) is 7.26. The van der Waals surface area contributed by atoms with Crippen LogP contribution in [-0.4, -0.2) is 38.2 Å². The number of Topliss-reactive ketones (excluding diaryl/α,β-unsaturated/α-hetero) is 1. The van der Waals surface area contributed by atoms with Gasteiger partial charge in [-0.3, -0.25) is 9.69 Å². The van der Waals surface area contributed by atoms with Crippen molar-refractivity contribution in [2.45, 2.75) is 71.2 Å². The summed E-state index contributed by atoms with van der Waals surface area (Å²) in [7, 11) is 3.28. The number of rotatable bonds is 9. The van der Waals surface area contributed by atoms with Gasteiger partial charge in [0.15, 0.2) is 5.78 Å². The molecule has 0 saturated heterocycles. The summed E-state index contributed by atoms with van der Waals surface area (Å²) in [6, 6.07) is 30.9. The van der Waals surface area contributed by atoms with Gasteiger partial charge in [0.1, 0.15) is 18.1 Å². The Balaban J connectivity index is 1.51. The van der Waals surface area contributed by atoms with Gasteiger partial charge in [-0.15, -0.1) is 0 Å². The van der Waals surface area contributed by atoms with Gasteiger partial charge in [0.05, 0.1) is 31.6 Å². The second-order valence-electron chi connectivity index (χ2n) is 13.2. The highest BCUT2D eigenvalue weighted by Gasteiger charge is 2.43. The number of amides is 1. The van der Waals surface area contributed by atoms with Crippen molar-refractivity contribution in [3.63, 3.8) is 0 Å². The first-order valence-electron chi connectivity index (χ1n) is 16.9. The van der Waals surface area contributed by atoms with E-state index in [-0.39, 0.29) is 30.4 Å². The third kappa shape index (κ3) is 6.86. The van der Waals surface area contributed by atoms with E-state index in [9.17, 15) is 9.59 Å². The van der Waals surface area contributed by atoms with Crippen LogP contribution in [0.3, 0.4) is 0 Å². The van der Waals surface area contributed by atoms with E-state index in [1.54, 1.807) is 19.1 Å². The van der Waals surface area contributed by atoms with Gasteiger partial charge in [-0.25, -0.2) is 4.79 Å². The first-order valence-corrected chi connectivity index (χ1v) is 16.9. The summed E-state index contributed by atoms with van der Waals surface area (Å²) >= 11 is 0. The number of carbonyl (C=O) groups excluding carboxylic acids is 2. The Morgan fingerprint density at radius 3 is 2.22 bits per heavy atom. The molecular formula is C41H45N3O5. The molecule has 49 heavy (non-hydrogen) atoms. The predicted octanol–water partition coefficient (Wildman–Crippen LogP) is 9.04. The molecule has 0 bridgehead atoms. The minimum absolute atomic E-state index is 0.0367. The standard InChI is InChI=1S/C41H45N3O5/c1-26(2)43(27(3)4)31-18-21-33(38(24-31)48-6)40-39-35(22-30(23-37(39)45)29-16-19-32(47-5)20-17-29)42-34-14-10-11-15-36(34)44(40)41(46)49-25-28-12-8-7-9-13-28/h7-21,24,26-27,30,40,42H,22-23,25H2,1-6H3. The van der Waals surface area contributed by atoms with Crippen molar-refractivity contribution in [1.82, 2.24) is 0 Å². The predicted molar refractivity (Wildman–Crippen MR) is 195 cm³/mol. The van der Waals surface area contributed by atoms with Gasteiger partial charge >= 0.3 is 6.09 Å². The maximum absolute atomic E-state index is 14.6. The fraction of sp³-hybridized carbons (Fsp3) is 0.317. The number of hydrogen-bond acceptors (Lipinski definition) is 7. The van der Waals surface area contributed by atoms with E-state index in [0.717, 1.165) is 33.9 Å². The third-order valence-electron chi connectivity index (χ3n) is 9.40. The number of para-hydroxylation sites is 2. The van der Waals surface area contributed by atoms with Crippen LogP contribution in [-0.2, 0) is 16.1 Å². The van der Waals surface area contributed by atoms with Gasteiger partial charge in [-0.2, -0.15) is 0 Å². The number of benzene rings is 4. The minimum atomic E-state index is -0.811. The summed E-state index contributed by atoms with van der Waals surface area (Å²) in [5, 5.41) is 3.61. The molecule has 8 heteroatoms. The van der Waals surface area contributed by atoms with Crippen molar-refractivity contribution in [1.29, 1.82) is 0 Å². The molecule has 1 heterocycles. The van der Waals surface area contributed by atoms with E-state index in [4.69, 9.17) is 14.2 Å². The molecule has 0 radical (unpaired) electrons. The molecular weight excluding hydrogens is 614 g/mol. The smallest absolute Gasteiger partial charge is 0.415 e. The largest absolute Gasteiger partial charge is 0.497 e. The lowest BCUT2D eigenvalue weighted by Gasteiger charge is -2.36. The minimum Gasteiger partial charge on any atom is -0.497 e. The topological polar surface area (TPSA) is 80.3 Å². The van der Waals surface area contributed by atoms with E-state index in [0.29, 0.717) is 35.4 Å². The number of nitrogens with one attached hydrogen (secondary N) is 1. The number of methoxy groups -OCH3 is 2. The van der Waals surface area contributed by atoms with Gasteiger partial charge in [-0.1, -0.05) is 60.7 Å². The van der Waals surface area contributed by atoms with Gasteiger partial charge in [-0.05, 0) is 81.5 Å². The lowest BCUT2D eigenvalue weighted by Crippen LogP contribution is -2.39. The third-order valence-corrected chi connectivity index (χ3v) is 9.40. The summed E-state index contributed by atoms with van der Waals surface area (Å²) < 4.78 is 17.5. The molecule has 1 amide bonds. The molecule has 1 aliphatic carbocycles. The molecule has 1 N–H and O–H groups in total. The maximum Gasteiger partial charge on any atom is 0.415 e. The van der Waals surface area contributed by atoms with Gasteiger partial charge in [0.2, 0.25) is 0 Å². The average Bonchev–Trinajstić information content (AvgIpc) is 3.25. The molecule has 0 saturated carbocycles. The Kier molecular flexibility index (Phi) is 9.95. The summed E-state index contributed by atoms with van der Waals surface area (Å²) in [5.41, 5.74) is 6.29. The SMILES string of the molecule is COc1ccc(C2CC(=O)C3=C(C2)Nc2ccccc2N(C(=O)OCc2ccccc2)C3c2ccc(N(C(C)C)C(C)C)cc2OC)cc1. The average molecular weight is 660 g/mol. The number of ether oxygens (including phenoxy) is 3. The number of allylic oxidation sites excluding steroid dienone is 1. The van der Waals surface area contributed by atoms with Crippen LogP contribution in [0.2, 0.25) is 0 Å². The van der Waals surface area contributed by atoms with Gasteiger partial charge in [0.25, 0.3) is 0 Å². The van der Waals surface area contributed by atoms with Crippen LogP contribution in [0.15, 0.2) is 108 Å². The van der Waals surface area contributed by atoms with Crippen molar-refractivity contribution in [2.75, 3.05) is 29.3 Å². The Morgan fingerprint density at radius 2 is 1.55 bits per heavy atom. The zero-order valence-electron chi connectivity index (χ0n) is 29.1. The quantitative estimate of drug-likeness (QED) is 0.192. The van der Waals surface area contributed by atoms with Gasteiger partial charge in [0, 0.05) is 47.1 Å². The molecule has 0 aromatic heterocycles. The molecule has 8 nitrogen and oxygen atoms in total. The van der Waals surface area contributed by atoms with Crippen molar-refractivity contribution < 1.29 is 23.8 Å². The lowest BCUT2D eigenvalue weighted by molar-refractivity contribution is -0.116. The molecule has 6 rings (SSSR count). The zero-order valence-corrected chi connectivity index (χ0v) is 29.1. The van der Waals surface area contributed by atoms with E-state index >= 15 is 0 Å². The first kappa shape index (κ1) is 33.7. The molecule has 4 aromatic rings. The normalized spacial score (nSPS) is 17.2. The number of hydrogen-bond donors (Lipinski definition) is 1. The molecule has 0 fully saturated rings. The number of ketones is 1. The van der Waals surface area contributed by atoms with Crippen LogP contribution in [0, 0.1) is 0 Å².